The van der Waals surface area contributed by atoms with E-state index in [9.17, 15) is 0 Å². The molecule has 1 aromatic carbocycles. The number of rotatable bonds is 4. The predicted octanol–water partition coefficient (Wildman–Crippen LogP) is 5.31. The molecule has 0 spiro atoms. The molecule has 0 aliphatic heterocycles. The highest BCUT2D eigenvalue weighted by Crippen LogP contribution is 2.33. The van der Waals surface area contributed by atoms with Gasteiger partial charge in [-0.25, -0.2) is 0 Å². The Morgan fingerprint density at radius 1 is 1.11 bits per heavy atom. The summed E-state index contributed by atoms with van der Waals surface area (Å²) < 4.78 is 7.43. The molecule has 19 heavy (non-hydrogen) atoms. The Hall–Kier alpha value is -0.0900. The fourth-order valence-electron chi connectivity index (χ4n) is 3.20. The lowest BCUT2D eigenvalue weighted by molar-refractivity contribution is -0.0394. The molecule has 0 amide bonds. The SMILES string of the molecule is Cc1ccc(C(CI)OC2CC(C)CC(C)C2)cc1. The lowest BCUT2D eigenvalue weighted by Gasteiger charge is -2.33. The van der Waals surface area contributed by atoms with Crippen LogP contribution in [0.2, 0.25) is 0 Å². The summed E-state index contributed by atoms with van der Waals surface area (Å²) in [6.07, 6.45) is 4.51. The smallest absolute Gasteiger partial charge is 0.0918 e. The van der Waals surface area contributed by atoms with Crippen LogP contribution < -0.4 is 0 Å². The van der Waals surface area contributed by atoms with Crippen LogP contribution in [0.25, 0.3) is 0 Å². The molecule has 2 heteroatoms. The maximum absolute atomic E-state index is 6.40. The molecule has 106 valence electrons. The van der Waals surface area contributed by atoms with Gasteiger partial charge in [-0.1, -0.05) is 66.3 Å². The quantitative estimate of drug-likeness (QED) is 0.514. The van der Waals surface area contributed by atoms with E-state index in [0.717, 1.165) is 16.3 Å². The molecular weight excluding hydrogens is 347 g/mol. The molecule has 1 saturated carbocycles. The second-order valence-electron chi connectivity index (χ2n) is 6.23. The first-order chi connectivity index (χ1) is 9.08. The molecule has 2 rings (SSSR count). The fraction of sp³-hybridized carbons (Fsp3) is 0.647. The first-order valence-electron chi connectivity index (χ1n) is 7.36. The first kappa shape index (κ1) is 15.3. The largest absolute Gasteiger partial charge is 0.369 e. The van der Waals surface area contributed by atoms with E-state index in [0.29, 0.717) is 6.10 Å². The maximum Gasteiger partial charge on any atom is 0.0918 e. The number of ether oxygens (including phenoxy) is 1. The molecular formula is C17H25IO. The Labute approximate surface area is 131 Å². The topological polar surface area (TPSA) is 9.23 Å². The van der Waals surface area contributed by atoms with Crippen LogP contribution in [0, 0.1) is 18.8 Å². The zero-order valence-electron chi connectivity index (χ0n) is 12.2. The summed E-state index contributed by atoms with van der Waals surface area (Å²) in [6.45, 7) is 6.85. The number of halogens is 1. The van der Waals surface area contributed by atoms with Crippen molar-refractivity contribution in [2.45, 2.75) is 52.2 Å². The molecule has 1 aromatic rings. The summed E-state index contributed by atoms with van der Waals surface area (Å²) in [5, 5.41) is 0. The van der Waals surface area contributed by atoms with Crippen LogP contribution in [-0.4, -0.2) is 10.5 Å². The van der Waals surface area contributed by atoms with Gasteiger partial charge in [0.05, 0.1) is 12.2 Å². The zero-order chi connectivity index (χ0) is 13.8. The molecule has 0 heterocycles. The van der Waals surface area contributed by atoms with Gasteiger partial charge >= 0.3 is 0 Å². The third-order valence-corrected chi connectivity index (χ3v) is 4.88. The van der Waals surface area contributed by atoms with Gasteiger partial charge in [0.1, 0.15) is 0 Å². The summed E-state index contributed by atoms with van der Waals surface area (Å²) in [5.41, 5.74) is 2.64. The van der Waals surface area contributed by atoms with Gasteiger partial charge in [0, 0.05) is 4.43 Å². The summed E-state index contributed by atoms with van der Waals surface area (Å²) >= 11 is 2.44. The van der Waals surface area contributed by atoms with E-state index in [1.165, 1.54) is 30.4 Å². The highest BCUT2D eigenvalue weighted by molar-refractivity contribution is 14.1. The Morgan fingerprint density at radius 3 is 2.21 bits per heavy atom. The van der Waals surface area contributed by atoms with Crippen molar-refractivity contribution in [2.24, 2.45) is 11.8 Å². The predicted molar refractivity (Wildman–Crippen MR) is 89.9 cm³/mol. The molecule has 1 aliphatic rings. The zero-order valence-corrected chi connectivity index (χ0v) is 14.4. The molecule has 3 unspecified atom stereocenters. The Morgan fingerprint density at radius 2 is 1.68 bits per heavy atom. The number of alkyl halides is 1. The fourth-order valence-corrected chi connectivity index (χ4v) is 3.92. The summed E-state index contributed by atoms with van der Waals surface area (Å²) in [6, 6.07) is 8.80. The van der Waals surface area contributed by atoms with Crippen molar-refractivity contribution in [1.29, 1.82) is 0 Å². The highest BCUT2D eigenvalue weighted by atomic mass is 127. The summed E-state index contributed by atoms with van der Waals surface area (Å²) in [5.74, 6) is 1.61. The number of hydrogen-bond acceptors (Lipinski definition) is 1. The summed E-state index contributed by atoms with van der Waals surface area (Å²) in [7, 11) is 0. The molecule has 1 fully saturated rings. The van der Waals surface area contributed by atoms with Gasteiger partial charge in [-0.05, 0) is 43.6 Å². The van der Waals surface area contributed by atoms with Gasteiger partial charge in [-0.3, -0.25) is 0 Å². The van der Waals surface area contributed by atoms with E-state index >= 15 is 0 Å². The van der Waals surface area contributed by atoms with Crippen molar-refractivity contribution < 1.29 is 4.74 Å². The van der Waals surface area contributed by atoms with Crippen molar-refractivity contribution in [3.63, 3.8) is 0 Å². The molecule has 0 bridgehead atoms. The summed E-state index contributed by atoms with van der Waals surface area (Å²) in [4.78, 5) is 0. The lowest BCUT2D eigenvalue weighted by atomic mass is 9.81. The van der Waals surface area contributed by atoms with Crippen molar-refractivity contribution >= 4 is 22.6 Å². The highest BCUT2D eigenvalue weighted by Gasteiger charge is 2.26. The van der Waals surface area contributed by atoms with E-state index < -0.39 is 0 Å². The Balaban J connectivity index is 2.00. The van der Waals surface area contributed by atoms with E-state index in [1.807, 2.05) is 0 Å². The van der Waals surface area contributed by atoms with Crippen LogP contribution in [0.5, 0.6) is 0 Å². The van der Waals surface area contributed by atoms with Crippen LogP contribution in [0.3, 0.4) is 0 Å². The number of aryl methyl sites for hydroxylation is 1. The minimum absolute atomic E-state index is 0.253. The van der Waals surface area contributed by atoms with Gasteiger partial charge in [0.25, 0.3) is 0 Å². The third-order valence-electron chi connectivity index (χ3n) is 4.08. The minimum atomic E-state index is 0.253. The van der Waals surface area contributed by atoms with Crippen molar-refractivity contribution in [3.05, 3.63) is 35.4 Å². The Kier molecular flexibility index (Phi) is 5.70. The maximum atomic E-state index is 6.40. The average molecular weight is 372 g/mol. The van der Waals surface area contributed by atoms with Gasteiger partial charge < -0.3 is 4.74 Å². The van der Waals surface area contributed by atoms with E-state index in [1.54, 1.807) is 0 Å². The van der Waals surface area contributed by atoms with Gasteiger partial charge in [-0.2, -0.15) is 0 Å². The van der Waals surface area contributed by atoms with E-state index in [4.69, 9.17) is 4.74 Å². The Bertz CT molecular complexity index is 377. The molecule has 0 saturated heterocycles. The molecule has 0 N–H and O–H groups in total. The van der Waals surface area contributed by atoms with Gasteiger partial charge in [0.2, 0.25) is 0 Å². The van der Waals surface area contributed by atoms with Crippen molar-refractivity contribution in [3.8, 4) is 0 Å². The van der Waals surface area contributed by atoms with Gasteiger partial charge in [-0.15, -0.1) is 0 Å². The van der Waals surface area contributed by atoms with Crippen LogP contribution in [-0.2, 0) is 4.74 Å². The van der Waals surface area contributed by atoms with Crippen LogP contribution >= 0.6 is 22.6 Å². The van der Waals surface area contributed by atoms with E-state index in [-0.39, 0.29) is 6.10 Å². The molecule has 3 atom stereocenters. The number of benzene rings is 1. The monoisotopic (exact) mass is 372 g/mol. The van der Waals surface area contributed by atoms with Gasteiger partial charge in [0.15, 0.2) is 0 Å². The van der Waals surface area contributed by atoms with Crippen molar-refractivity contribution in [2.75, 3.05) is 4.43 Å². The second kappa shape index (κ2) is 7.07. The van der Waals surface area contributed by atoms with Crippen LogP contribution in [0.4, 0.5) is 0 Å². The first-order valence-corrected chi connectivity index (χ1v) is 8.89. The molecule has 0 radical (unpaired) electrons. The molecule has 0 aromatic heterocycles. The second-order valence-corrected chi connectivity index (χ2v) is 7.11. The number of hydrogen-bond donors (Lipinski definition) is 0. The average Bonchev–Trinajstić information content (AvgIpc) is 2.36. The van der Waals surface area contributed by atoms with E-state index in [2.05, 4.69) is 67.6 Å². The molecule has 1 aliphatic carbocycles. The minimum Gasteiger partial charge on any atom is -0.369 e. The normalized spacial score (nSPS) is 29.2. The molecule has 1 nitrogen and oxygen atoms in total. The van der Waals surface area contributed by atoms with Crippen LogP contribution in [0.15, 0.2) is 24.3 Å². The van der Waals surface area contributed by atoms with Crippen LogP contribution in [0.1, 0.15) is 50.3 Å². The third kappa shape index (κ3) is 4.45. The standard InChI is InChI=1S/C17H25IO/c1-12-4-6-15(7-5-12)17(11-18)19-16-9-13(2)8-14(3)10-16/h4-7,13-14,16-17H,8-11H2,1-3H3. The lowest BCUT2D eigenvalue weighted by Crippen LogP contribution is -2.28. The van der Waals surface area contributed by atoms with Crippen molar-refractivity contribution in [1.82, 2.24) is 0 Å².